The SMILES string of the molecule is C[C@H](Sc1nc2sc3c(c2c(=O)n1C[C@@H]1CCCO1)CCCC3)C(N)=O. The molecule has 2 aromatic heterocycles. The number of aryl methyl sites for hydroxylation is 2. The molecular formula is C18H23N3O3S2. The third-order valence-corrected chi connectivity index (χ3v) is 7.43. The summed E-state index contributed by atoms with van der Waals surface area (Å²) in [7, 11) is 0. The fourth-order valence-corrected chi connectivity index (χ4v) is 5.85. The van der Waals surface area contributed by atoms with Crippen molar-refractivity contribution in [3.8, 4) is 0 Å². The minimum atomic E-state index is -0.440. The van der Waals surface area contributed by atoms with Crippen molar-refractivity contribution in [3.63, 3.8) is 0 Å². The topological polar surface area (TPSA) is 87.2 Å². The van der Waals surface area contributed by atoms with Crippen molar-refractivity contribution in [1.29, 1.82) is 0 Å². The Morgan fingerprint density at radius 1 is 1.42 bits per heavy atom. The Morgan fingerprint density at radius 3 is 2.96 bits per heavy atom. The number of aromatic nitrogens is 2. The van der Waals surface area contributed by atoms with Gasteiger partial charge in [-0.25, -0.2) is 4.98 Å². The van der Waals surface area contributed by atoms with E-state index in [1.807, 2.05) is 0 Å². The predicted octanol–water partition coefficient (Wildman–Crippen LogP) is 2.48. The number of hydrogen-bond donors (Lipinski definition) is 1. The van der Waals surface area contributed by atoms with Gasteiger partial charge in [-0.15, -0.1) is 11.3 Å². The van der Waals surface area contributed by atoms with E-state index in [0.29, 0.717) is 11.7 Å². The molecule has 0 radical (unpaired) electrons. The van der Waals surface area contributed by atoms with Crippen LogP contribution >= 0.6 is 23.1 Å². The summed E-state index contributed by atoms with van der Waals surface area (Å²) in [5.41, 5.74) is 6.62. The number of rotatable bonds is 5. The lowest BCUT2D eigenvalue weighted by atomic mass is 9.97. The Hall–Kier alpha value is -1.38. The van der Waals surface area contributed by atoms with Crippen molar-refractivity contribution < 1.29 is 9.53 Å². The van der Waals surface area contributed by atoms with Gasteiger partial charge in [0.1, 0.15) is 4.83 Å². The molecule has 8 heteroatoms. The van der Waals surface area contributed by atoms with Crippen LogP contribution in [0.4, 0.5) is 0 Å². The molecule has 6 nitrogen and oxygen atoms in total. The smallest absolute Gasteiger partial charge is 0.263 e. The first-order valence-corrected chi connectivity index (χ1v) is 10.9. The van der Waals surface area contributed by atoms with Gasteiger partial charge in [0.05, 0.1) is 23.3 Å². The molecule has 0 saturated carbocycles. The molecule has 3 heterocycles. The van der Waals surface area contributed by atoms with Gasteiger partial charge >= 0.3 is 0 Å². The van der Waals surface area contributed by atoms with Crippen molar-refractivity contribution in [2.24, 2.45) is 5.73 Å². The molecule has 26 heavy (non-hydrogen) atoms. The van der Waals surface area contributed by atoms with E-state index in [2.05, 4.69) is 0 Å². The molecule has 1 aliphatic heterocycles. The molecule has 0 aromatic carbocycles. The minimum absolute atomic E-state index is 0.00377. The number of amides is 1. The van der Waals surface area contributed by atoms with Crippen LogP contribution < -0.4 is 11.3 Å². The zero-order valence-electron chi connectivity index (χ0n) is 14.8. The molecular weight excluding hydrogens is 370 g/mol. The van der Waals surface area contributed by atoms with Gasteiger partial charge in [-0.3, -0.25) is 14.2 Å². The second kappa shape index (κ2) is 7.32. The number of carbonyl (C=O) groups is 1. The maximum Gasteiger partial charge on any atom is 0.263 e. The van der Waals surface area contributed by atoms with Crippen LogP contribution in [0.15, 0.2) is 9.95 Å². The number of hydrogen-bond acceptors (Lipinski definition) is 6. The van der Waals surface area contributed by atoms with Crippen molar-refractivity contribution in [2.45, 2.75) is 68.5 Å². The first-order chi connectivity index (χ1) is 12.5. The van der Waals surface area contributed by atoms with E-state index in [1.54, 1.807) is 22.8 Å². The number of primary amides is 1. The summed E-state index contributed by atoms with van der Waals surface area (Å²) >= 11 is 2.89. The average Bonchev–Trinajstić information content (AvgIpc) is 3.25. The first-order valence-electron chi connectivity index (χ1n) is 9.17. The number of thioether (sulfide) groups is 1. The molecule has 0 spiro atoms. The van der Waals surface area contributed by atoms with E-state index in [1.165, 1.54) is 28.6 Å². The second-order valence-electron chi connectivity index (χ2n) is 7.00. The van der Waals surface area contributed by atoms with Gasteiger partial charge in [-0.2, -0.15) is 0 Å². The number of fused-ring (bicyclic) bond motifs is 3. The van der Waals surface area contributed by atoms with Gasteiger partial charge in [-0.05, 0) is 51.0 Å². The standard InChI is InChI=1S/C18H23N3O3S2/c1-10(15(19)22)25-18-20-16-14(12-6-2-3-7-13(12)26-16)17(23)21(18)9-11-5-4-8-24-11/h10-11H,2-9H2,1H3,(H2,19,22)/t10-,11-/m0/s1. The Labute approximate surface area is 160 Å². The number of nitrogens with zero attached hydrogens (tertiary/aromatic N) is 2. The summed E-state index contributed by atoms with van der Waals surface area (Å²) in [5.74, 6) is -0.404. The summed E-state index contributed by atoms with van der Waals surface area (Å²) in [6.07, 6.45) is 6.27. The van der Waals surface area contributed by atoms with E-state index < -0.39 is 11.2 Å². The highest BCUT2D eigenvalue weighted by Gasteiger charge is 2.26. The second-order valence-corrected chi connectivity index (χ2v) is 9.39. The van der Waals surface area contributed by atoms with E-state index in [-0.39, 0.29) is 11.7 Å². The zero-order chi connectivity index (χ0) is 18.3. The molecule has 140 valence electrons. The molecule has 2 N–H and O–H groups in total. The van der Waals surface area contributed by atoms with Gasteiger partial charge in [0.2, 0.25) is 5.91 Å². The van der Waals surface area contributed by atoms with E-state index in [9.17, 15) is 9.59 Å². The molecule has 4 rings (SSSR count). The number of thiophene rings is 1. The normalized spacial score (nSPS) is 21.0. The summed E-state index contributed by atoms with van der Waals surface area (Å²) in [6.45, 7) is 2.97. The molecule has 0 bridgehead atoms. The van der Waals surface area contributed by atoms with Crippen LogP contribution in [0.5, 0.6) is 0 Å². The summed E-state index contributed by atoms with van der Waals surface area (Å²) in [6, 6.07) is 0. The van der Waals surface area contributed by atoms with E-state index in [4.69, 9.17) is 15.5 Å². The van der Waals surface area contributed by atoms with Crippen LogP contribution in [0.3, 0.4) is 0 Å². The number of ether oxygens (including phenoxy) is 1. The predicted molar refractivity (Wildman–Crippen MR) is 104 cm³/mol. The van der Waals surface area contributed by atoms with Gasteiger partial charge < -0.3 is 10.5 Å². The Balaban J connectivity index is 1.83. The van der Waals surface area contributed by atoms with Crippen LogP contribution in [-0.2, 0) is 28.9 Å². The Kier molecular flexibility index (Phi) is 5.07. The van der Waals surface area contributed by atoms with Crippen molar-refractivity contribution in [3.05, 3.63) is 20.8 Å². The van der Waals surface area contributed by atoms with Crippen molar-refractivity contribution in [1.82, 2.24) is 9.55 Å². The minimum Gasteiger partial charge on any atom is -0.376 e. The Morgan fingerprint density at radius 2 is 2.23 bits per heavy atom. The third-order valence-electron chi connectivity index (χ3n) is 5.13. The fraction of sp³-hybridized carbons (Fsp3) is 0.611. The molecule has 1 amide bonds. The molecule has 1 aliphatic carbocycles. The van der Waals surface area contributed by atoms with E-state index >= 15 is 0 Å². The van der Waals surface area contributed by atoms with Gasteiger partial charge in [0.15, 0.2) is 5.16 Å². The monoisotopic (exact) mass is 393 g/mol. The van der Waals surface area contributed by atoms with Crippen molar-refractivity contribution >= 4 is 39.2 Å². The quantitative estimate of drug-likeness (QED) is 0.623. The van der Waals surface area contributed by atoms with Crippen LogP contribution in [0.25, 0.3) is 10.2 Å². The zero-order valence-corrected chi connectivity index (χ0v) is 16.5. The van der Waals surface area contributed by atoms with Crippen LogP contribution in [0.2, 0.25) is 0 Å². The van der Waals surface area contributed by atoms with Gasteiger partial charge in [-0.1, -0.05) is 11.8 Å². The fourth-order valence-electron chi connectivity index (χ4n) is 3.68. The summed E-state index contributed by atoms with van der Waals surface area (Å²) in [4.78, 5) is 31.8. The average molecular weight is 394 g/mol. The van der Waals surface area contributed by atoms with Crippen LogP contribution in [0.1, 0.15) is 43.0 Å². The van der Waals surface area contributed by atoms with Crippen LogP contribution in [0, 0.1) is 0 Å². The van der Waals surface area contributed by atoms with E-state index in [0.717, 1.165) is 48.9 Å². The largest absolute Gasteiger partial charge is 0.376 e. The van der Waals surface area contributed by atoms with Gasteiger partial charge in [0.25, 0.3) is 5.56 Å². The molecule has 0 unspecified atom stereocenters. The maximum absolute atomic E-state index is 13.4. The highest BCUT2D eigenvalue weighted by atomic mass is 32.2. The molecule has 1 fully saturated rings. The summed E-state index contributed by atoms with van der Waals surface area (Å²) < 4.78 is 7.45. The third kappa shape index (κ3) is 3.30. The van der Waals surface area contributed by atoms with Gasteiger partial charge in [0, 0.05) is 11.5 Å². The Bertz CT molecular complexity index is 899. The summed E-state index contributed by atoms with van der Waals surface area (Å²) in [5, 5.41) is 0.909. The number of nitrogens with two attached hydrogens (primary N) is 1. The lowest BCUT2D eigenvalue weighted by molar-refractivity contribution is -0.117. The first kappa shape index (κ1) is 18.0. The lowest BCUT2D eigenvalue weighted by Gasteiger charge is -2.17. The highest BCUT2D eigenvalue weighted by molar-refractivity contribution is 8.00. The van der Waals surface area contributed by atoms with Crippen molar-refractivity contribution in [2.75, 3.05) is 6.61 Å². The maximum atomic E-state index is 13.4. The molecule has 2 aliphatic rings. The molecule has 1 saturated heterocycles. The lowest BCUT2D eigenvalue weighted by Crippen LogP contribution is -2.30. The van der Waals surface area contributed by atoms with Crippen LogP contribution in [-0.4, -0.2) is 33.4 Å². The highest BCUT2D eigenvalue weighted by Crippen LogP contribution is 2.35. The molecule has 2 atom stereocenters. The molecule has 2 aromatic rings. The number of carbonyl (C=O) groups excluding carboxylic acids is 1.